The van der Waals surface area contributed by atoms with E-state index >= 15 is 0 Å². The van der Waals surface area contributed by atoms with E-state index in [-0.39, 0.29) is 23.5 Å². The van der Waals surface area contributed by atoms with Crippen molar-refractivity contribution in [2.75, 3.05) is 13.2 Å². The molecule has 8 heteroatoms. The van der Waals surface area contributed by atoms with E-state index in [0.29, 0.717) is 34.8 Å². The molecule has 2 heterocycles. The minimum absolute atomic E-state index is 0.163. The zero-order valence-electron chi connectivity index (χ0n) is 18.7. The number of fused-ring (bicyclic) bond motifs is 1. The molecule has 0 atom stereocenters. The van der Waals surface area contributed by atoms with E-state index in [4.69, 9.17) is 9.47 Å². The number of esters is 1. The summed E-state index contributed by atoms with van der Waals surface area (Å²) in [6, 6.07) is 7.16. The Kier molecular flexibility index (Phi) is 6.29. The molecule has 31 heavy (non-hydrogen) atoms. The van der Waals surface area contributed by atoms with Gasteiger partial charge in [0.25, 0.3) is 11.2 Å². The number of ether oxygens (including phenoxy) is 2. The molecular formula is C23H28N3O5+. The van der Waals surface area contributed by atoms with Gasteiger partial charge in [0.15, 0.2) is 0 Å². The molecule has 164 valence electrons. The molecule has 3 rings (SSSR count). The third-order valence-corrected chi connectivity index (χ3v) is 5.05. The first-order chi connectivity index (χ1) is 14.7. The van der Waals surface area contributed by atoms with Gasteiger partial charge in [0.1, 0.15) is 22.4 Å². The molecule has 0 aliphatic heterocycles. The van der Waals surface area contributed by atoms with Crippen molar-refractivity contribution >= 4 is 17.0 Å². The normalized spacial score (nSPS) is 11.2. The molecular weight excluding hydrogens is 398 g/mol. The Labute approximate surface area is 180 Å². The van der Waals surface area contributed by atoms with Gasteiger partial charge in [0, 0.05) is 12.6 Å². The first-order valence-electron chi connectivity index (χ1n) is 10.2. The number of hydrogen-bond donors (Lipinski definition) is 0. The Hall–Kier alpha value is -3.42. The number of carbonyl (C=O) groups is 1. The number of rotatable bonds is 6. The zero-order valence-corrected chi connectivity index (χ0v) is 18.7. The summed E-state index contributed by atoms with van der Waals surface area (Å²) in [5.41, 5.74) is 1.26. The summed E-state index contributed by atoms with van der Waals surface area (Å²) < 4.78 is 13.4. The van der Waals surface area contributed by atoms with E-state index in [1.54, 1.807) is 38.2 Å². The minimum Gasteiger partial charge on any atom is -0.494 e. The van der Waals surface area contributed by atoms with Crippen molar-refractivity contribution in [2.24, 2.45) is 20.0 Å². The maximum Gasteiger partial charge on any atom is 0.417 e. The molecule has 0 radical (unpaired) electrons. The van der Waals surface area contributed by atoms with Crippen molar-refractivity contribution < 1.29 is 19.3 Å². The van der Waals surface area contributed by atoms with Crippen LogP contribution in [0.4, 0.5) is 0 Å². The molecule has 0 saturated heterocycles. The first kappa shape index (κ1) is 22.3. The standard InChI is InChI=1S/C23H27N3O5/c1-7-30-16-10-8-15(9-11-16)18-17(22(28)31-12-13(2)3)14(4)24-20-19(18)21(27)26(6)23(29)25(20)5/h8-11,13H,7,12H2,1-6H3/p+1. The van der Waals surface area contributed by atoms with Crippen LogP contribution in [-0.2, 0) is 18.8 Å². The molecule has 0 aliphatic carbocycles. The van der Waals surface area contributed by atoms with Crippen molar-refractivity contribution in [3.05, 3.63) is 56.4 Å². The summed E-state index contributed by atoms with van der Waals surface area (Å²) in [5.74, 6) is 0.319. The molecule has 0 bridgehead atoms. The number of benzene rings is 1. The third kappa shape index (κ3) is 4.10. The van der Waals surface area contributed by atoms with Gasteiger partial charge >= 0.3 is 11.7 Å². The van der Waals surface area contributed by atoms with Gasteiger partial charge in [0.2, 0.25) is 0 Å². The van der Waals surface area contributed by atoms with Gasteiger partial charge in [-0.3, -0.25) is 4.79 Å². The van der Waals surface area contributed by atoms with E-state index in [1.165, 1.54) is 11.6 Å². The molecule has 0 fully saturated rings. The summed E-state index contributed by atoms with van der Waals surface area (Å²) in [6.45, 7) is 8.30. The summed E-state index contributed by atoms with van der Waals surface area (Å²) >= 11 is 0. The lowest BCUT2D eigenvalue weighted by Gasteiger charge is -2.15. The molecule has 1 N–H and O–H groups in total. The highest BCUT2D eigenvalue weighted by atomic mass is 16.5. The Morgan fingerprint density at radius 1 is 1.10 bits per heavy atom. The number of nitrogens with zero attached hydrogens (tertiary/aromatic N) is 2. The number of pyridine rings is 1. The fourth-order valence-electron chi connectivity index (χ4n) is 3.51. The summed E-state index contributed by atoms with van der Waals surface area (Å²) in [7, 11) is 3.00. The Morgan fingerprint density at radius 2 is 1.74 bits per heavy atom. The van der Waals surface area contributed by atoms with Gasteiger partial charge in [-0.15, -0.1) is 0 Å². The molecule has 0 saturated carbocycles. The molecule has 0 unspecified atom stereocenters. The van der Waals surface area contributed by atoms with Crippen molar-refractivity contribution in [1.29, 1.82) is 0 Å². The largest absolute Gasteiger partial charge is 0.494 e. The van der Waals surface area contributed by atoms with Crippen molar-refractivity contribution in [3.8, 4) is 16.9 Å². The Balaban J connectivity index is 2.41. The van der Waals surface area contributed by atoms with Gasteiger partial charge in [-0.1, -0.05) is 26.0 Å². The summed E-state index contributed by atoms with van der Waals surface area (Å²) in [4.78, 5) is 41.8. The predicted molar refractivity (Wildman–Crippen MR) is 117 cm³/mol. The number of nitrogens with one attached hydrogen (secondary N) is 1. The molecule has 3 aromatic rings. The molecule has 1 aromatic carbocycles. The monoisotopic (exact) mass is 426 g/mol. The second kappa shape index (κ2) is 8.75. The molecule has 8 nitrogen and oxygen atoms in total. The maximum absolute atomic E-state index is 13.2. The number of carbonyl (C=O) groups excluding carboxylic acids is 1. The number of aromatic nitrogens is 3. The zero-order chi connectivity index (χ0) is 22.9. The second-order valence-corrected chi connectivity index (χ2v) is 7.88. The van der Waals surface area contributed by atoms with Crippen LogP contribution in [0, 0.1) is 12.8 Å². The lowest BCUT2D eigenvalue weighted by molar-refractivity contribution is -0.359. The Morgan fingerprint density at radius 3 is 2.32 bits per heavy atom. The molecule has 0 aliphatic rings. The predicted octanol–water partition coefficient (Wildman–Crippen LogP) is 2.24. The summed E-state index contributed by atoms with van der Waals surface area (Å²) in [5, 5.41) is 0.246. The van der Waals surface area contributed by atoms with E-state index in [0.717, 1.165) is 4.57 Å². The van der Waals surface area contributed by atoms with E-state index in [9.17, 15) is 14.4 Å². The van der Waals surface area contributed by atoms with Crippen LogP contribution in [0.15, 0.2) is 33.9 Å². The average Bonchev–Trinajstić information content (AvgIpc) is 2.74. The van der Waals surface area contributed by atoms with Crippen LogP contribution in [0.3, 0.4) is 0 Å². The fourth-order valence-corrected chi connectivity index (χ4v) is 3.51. The van der Waals surface area contributed by atoms with Crippen LogP contribution in [0.5, 0.6) is 5.75 Å². The van der Waals surface area contributed by atoms with Crippen LogP contribution >= 0.6 is 0 Å². The third-order valence-electron chi connectivity index (χ3n) is 5.05. The number of H-pyrrole nitrogens is 1. The second-order valence-electron chi connectivity index (χ2n) is 7.88. The Bertz CT molecular complexity index is 1250. The number of aryl methyl sites for hydroxylation is 2. The average molecular weight is 426 g/mol. The fraction of sp³-hybridized carbons (Fsp3) is 0.391. The number of aromatic amines is 1. The van der Waals surface area contributed by atoms with Gasteiger partial charge in [-0.05, 0) is 37.5 Å². The highest BCUT2D eigenvalue weighted by Crippen LogP contribution is 2.31. The minimum atomic E-state index is -0.524. The topological polar surface area (TPSA) is 93.7 Å². The van der Waals surface area contributed by atoms with Gasteiger partial charge < -0.3 is 9.47 Å². The lowest BCUT2D eigenvalue weighted by Crippen LogP contribution is -2.40. The van der Waals surface area contributed by atoms with Crippen LogP contribution in [0.25, 0.3) is 22.2 Å². The quantitative estimate of drug-likeness (QED) is 0.564. The van der Waals surface area contributed by atoms with Gasteiger partial charge in [-0.2, -0.15) is 4.57 Å². The van der Waals surface area contributed by atoms with Crippen LogP contribution in [-0.4, -0.2) is 28.3 Å². The van der Waals surface area contributed by atoms with Gasteiger partial charge in [0.05, 0.1) is 20.3 Å². The van der Waals surface area contributed by atoms with Crippen molar-refractivity contribution in [1.82, 2.24) is 9.13 Å². The van der Waals surface area contributed by atoms with E-state index in [2.05, 4.69) is 4.98 Å². The van der Waals surface area contributed by atoms with Gasteiger partial charge in [-0.25, -0.2) is 19.1 Å². The SMILES string of the molecule is CCOc1ccc(-c2c(C(=O)OCC(C)C)c(C)[nH+]c3c2c(=O)n(C)c(=O)n3C)cc1. The smallest absolute Gasteiger partial charge is 0.417 e. The van der Waals surface area contributed by atoms with Crippen LogP contribution in [0.2, 0.25) is 0 Å². The molecule has 0 amide bonds. The first-order valence-corrected chi connectivity index (χ1v) is 10.2. The summed E-state index contributed by atoms with van der Waals surface area (Å²) in [6.07, 6.45) is 0. The highest BCUT2D eigenvalue weighted by Gasteiger charge is 2.29. The molecule has 0 spiro atoms. The van der Waals surface area contributed by atoms with Crippen LogP contribution < -0.4 is 21.0 Å². The van der Waals surface area contributed by atoms with Crippen molar-refractivity contribution in [3.63, 3.8) is 0 Å². The molecule has 2 aromatic heterocycles. The lowest BCUT2D eigenvalue weighted by atomic mass is 9.95. The van der Waals surface area contributed by atoms with Crippen molar-refractivity contribution in [2.45, 2.75) is 27.7 Å². The van der Waals surface area contributed by atoms with E-state index < -0.39 is 17.2 Å². The van der Waals surface area contributed by atoms with Crippen LogP contribution in [0.1, 0.15) is 36.8 Å². The maximum atomic E-state index is 13.2. The highest BCUT2D eigenvalue weighted by molar-refractivity contribution is 6.05. The number of hydrogen-bond acceptors (Lipinski definition) is 5. The van der Waals surface area contributed by atoms with E-state index in [1.807, 2.05) is 20.8 Å².